The van der Waals surface area contributed by atoms with Gasteiger partial charge >= 0.3 is 0 Å². The van der Waals surface area contributed by atoms with Crippen LogP contribution < -0.4 is 4.74 Å². The average molecular weight is 304 g/mol. The van der Waals surface area contributed by atoms with Crippen LogP contribution in [0.4, 0.5) is 0 Å². The molecule has 1 aliphatic rings. The lowest BCUT2D eigenvalue weighted by molar-refractivity contribution is 0.104. The van der Waals surface area contributed by atoms with Crippen LogP contribution in [-0.4, -0.2) is 18.1 Å². The highest BCUT2D eigenvalue weighted by molar-refractivity contribution is 7.98. The zero-order valence-electron chi connectivity index (χ0n) is 11.3. The Kier molecular flexibility index (Phi) is 4.13. The van der Waals surface area contributed by atoms with Crippen LogP contribution in [0, 0.1) is 0 Å². The zero-order chi connectivity index (χ0) is 13.9. The van der Waals surface area contributed by atoms with Gasteiger partial charge in [0.2, 0.25) is 5.78 Å². The van der Waals surface area contributed by atoms with Crippen molar-refractivity contribution < 1.29 is 9.53 Å². The van der Waals surface area contributed by atoms with Crippen molar-refractivity contribution in [1.82, 2.24) is 0 Å². The molecule has 0 spiro atoms. The molecular weight excluding hydrogens is 288 g/mol. The monoisotopic (exact) mass is 304 g/mol. The van der Waals surface area contributed by atoms with Gasteiger partial charge in [0, 0.05) is 16.2 Å². The molecule has 0 bridgehead atoms. The van der Waals surface area contributed by atoms with Crippen LogP contribution in [-0.2, 0) is 12.2 Å². The first-order valence-electron chi connectivity index (χ1n) is 6.75. The van der Waals surface area contributed by atoms with Crippen molar-refractivity contribution in [2.24, 2.45) is 0 Å². The summed E-state index contributed by atoms with van der Waals surface area (Å²) in [4.78, 5) is 14.7. The Morgan fingerprint density at radius 3 is 2.80 bits per heavy atom. The summed E-state index contributed by atoms with van der Waals surface area (Å²) < 4.78 is 5.40. The van der Waals surface area contributed by atoms with Gasteiger partial charge in [-0.15, -0.1) is 11.3 Å². The van der Waals surface area contributed by atoms with Crippen molar-refractivity contribution in [2.75, 3.05) is 12.4 Å². The topological polar surface area (TPSA) is 26.3 Å². The SMILES string of the molecule is CCOc1ccc(C(=O)c2cc3c(s2)CCSC3)cc1. The third-order valence-corrected chi connectivity index (χ3v) is 5.52. The second kappa shape index (κ2) is 6.02. The molecule has 2 nitrogen and oxygen atoms in total. The molecule has 2 aromatic rings. The van der Waals surface area contributed by atoms with Crippen molar-refractivity contribution in [1.29, 1.82) is 0 Å². The number of thioether (sulfide) groups is 1. The number of aryl methyl sites for hydroxylation is 1. The smallest absolute Gasteiger partial charge is 0.202 e. The number of hydrogen-bond donors (Lipinski definition) is 0. The molecule has 0 radical (unpaired) electrons. The van der Waals surface area contributed by atoms with E-state index in [2.05, 4.69) is 6.07 Å². The lowest BCUT2D eigenvalue weighted by atomic mass is 10.1. The van der Waals surface area contributed by atoms with Crippen molar-refractivity contribution in [3.05, 3.63) is 51.2 Å². The van der Waals surface area contributed by atoms with Gasteiger partial charge in [0.05, 0.1) is 11.5 Å². The minimum absolute atomic E-state index is 0.123. The predicted octanol–water partition coefficient (Wildman–Crippen LogP) is 4.17. The molecule has 1 aromatic heterocycles. The molecule has 2 heterocycles. The van der Waals surface area contributed by atoms with Crippen molar-refractivity contribution in [3.8, 4) is 5.75 Å². The summed E-state index contributed by atoms with van der Waals surface area (Å²) in [6.45, 7) is 2.59. The van der Waals surface area contributed by atoms with Gasteiger partial charge < -0.3 is 4.74 Å². The molecular formula is C16H16O2S2. The molecule has 0 N–H and O–H groups in total. The van der Waals surface area contributed by atoms with Crippen molar-refractivity contribution >= 4 is 28.9 Å². The molecule has 1 aromatic carbocycles. The van der Waals surface area contributed by atoms with Crippen LogP contribution >= 0.6 is 23.1 Å². The van der Waals surface area contributed by atoms with E-state index < -0.39 is 0 Å². The number of benzene rings is 1. The molecule has 104 valence electrons. The number of thiophene rings is 1. The Morgan fingerprint density at radius 2 is 2.10 bits per heavy atom. The lowest BCUT2D eigenvalue weighted by Crippen LogP contribution is -1.99. The van der Waals surface area contributed by atoms with E-state index in [1.807, 2.05) is 43.0 Å². The minimum atomic E-state index is 0.123. The first kappa shape index (κ1) is 13.7. The molecule has 0 aliphatic carbocycles. The average Bonchev–Trinajstić information content (AvgIpc) is 2.91. The third-order valence-electron chi connectivity index (χ3n) is 3.28. The fourth-order valence-electron chi connectivity index (χ4n) is 2.27. The lowest BCUT2D eigenvalue weighted by Gasteiger charge is -2.08. The third kappa shape index (κ3) is 2.76. The molecule has 0 amide bonds. The normalized spacial score (nSPS) is 13.8. The van der Waals surface area contributed by atoms with Crippen LogP contribution in [0.5, 0.6) is 5.75 Å². The van der Waals surface area contributed by atoms with E-state index in [-0.39, 0.29) is 5.78 Å². The van der Waals surface area contributed by atoms with Gasteiger partial charge in [-0.1, -0.05) is 0 Å². The van der Waals surface area contributed by atoms with E-state index in [1.54, 1.807) is 11.3 Å². The number of rotatable bonds is 4. The van der Waals surface area contributed by atoms with Crippen LogP contribution in [0.15, 0.2) is 30.3 Å². The molecule has 4 heteroatoms. The standard InChI is InChI=1S/C16H16O2S2/c1-2-18-13-5-3-11(4-6-13)16(17)15-9-12-10-19-8-7-14(12)20-15/h3-6,9H,2,7-8,10H2,1H3. The van der Waals surface area contributed by atoms with Gasteiger partial charge in [0.25, 0.3) is 0 Å². The number of carbonyl (C=O) groups excluding carboxylic acids is 1. The van der Waals surface area contributed by atoms with Gasteiger partial charge in [0.1, 0.15) is 5.75 Å². The number of ketones is 1. The summed E-state index contributed by atoms with van der Waals surface area (Å²) in [5, 5.41) is 0. The molecule has 3 rings (SSSR count). The highest BCUT2D eigenvalue weighted by Gasteiger charge is 2.18. The summed E-state index contributed by atoms with van der Waals surface area (Å²) in [6.07, 6.45) is 1.10. The van der Waals surface area contributed by atoms with Gasteiger partial charge in [-0.25, -0.2) is 0 Å². The van der Waals surface area contributed by atoms with Gasteiger partial charge in [0.15, 0.2) is 0 Å². The Bertz CT molecular complexity index is 590. The van der Waals surface area contributed by atoms with Crippen LogP contribution in [0.2, 0.25) is 0 Å². The van der Waals surface area contributed by atoms with E-state index in [0.29, 0.717) is 6.61 Å². The Balaban J connectivity index is 1.82. The molecule has 0 saturated heterocycles. The Morgan fingerprint density at radius 1 is 1.30 bits per heavy atom. The zero-order valence-corrected chi connectivity index (χ0v) is 13.0. The maximum Gasteiger partial charge on any atom is 0.202 e. The first-order valence-corrected chi connectivity index (χ1v) is 8.72. The second-order valence-corrected chi connectivity index (χ2v) is 6.89. The van der Waals surface area contributed by atoms with Crippen LogP contribution in [0.25, 0.3) is 0 Å². The predicted molar refractivity (Wildman–Crippen MR) is 85.2 cm³/mol. The number of fused-ring (bicyclic) bond motifs is 1. The van der Waals surface area contributed by atoms with Crippen molar-refractivity contribution in [3.63, 3.8) is 0 Å². The highest BCUT2D eigenvalue weighted by atomic mass is 32.2. The second-order valence-electron chi connectivity index (χ2n) is 4.65. The summed E-state index contributed by atoms with van der Waals surface area (Å²) in [5.41, 5.74) is 2.08. The summed E-state index contributed by atoms with van der Waals surface area (Å²) in [5.74, 6) is 3.15. The molecule has 0 fully saturated rings. The summed E-state index contributed by atoms with van der Waals surface area (Å²) in [7, 11) is 0. The maximum atomic E-state index is 12.5. The quantitative estimate of drug-likeness (QED) is 0.793. The number of hydrogen-bond acceptors (Lipinski definition) is 4. The first-order chi connectivity index (χ1) is 9.78. The molecule has 0 saturated carbocycles. The Hall–Kier alpha value is -1.26. The minimum Gasteiger partial charge on any atom is -0.494 e. The molecule has 1 aliphatic heterocycles. The number of ether oxygens (including phenoxy) is 1. The fourth-order valence-corrected chi connectivity index (χ4v) is 4.60. The fraction of sp³-hybridized carbons (Fsp3) is 0.312. The van der Waals surface area contributed by atoms with E-state index >= 15 is 0 Å². The van der Waals surface area contributed by atoms with Gasteiger partial charge in [-0.3, -0.25) is 4.79 Å². The summed E-state index contributed by atoms with van der Waals surface area (Å²) in [6, 6.07) is 9.49. The van der Waals surface area contributed by atoms with E-state index in [1.165, 1.54) is 16.2 Å². The van der Waals surface area contributed by atoms with E-state index in [0.717, 1.165) is 28.4 Å². The van der Waals surface area contributed by atoms with Crippen LogP contribution in [0.1, 0.15) is 32.6 Å². The van der Waals surface area contributed by atoms with E-state index in [9.17, 15) is 4.79 Å². The van der Waals surface area contributed by atoms with Crippen molar-refractivity contribution in [2.45, 2.75) is 19.1 Å². The number of carbonyl (C=O) groups is 1. The Labute approximate surface area is 127 Å². The largest absolute Gasteiger partial charge is 0.494 e. The van der Waals surface area contributed by atoms with Gasteiger partial charge in [-0.05, 0) is 55.0 Å². The van der Waals surface area contributed by atoms with Crippen LogP contribution in [0.3, 0.4) is 0 Å². The molecule has 0 unspecified atom stereocenters. The van der Waals surface area contributed by atoms with Gasteiger partial charge in [-0.2, -0.15) is 11.8 Å². The maximum absolute atomic E-state index is 12.5. The molecule has 20 heavy (non-hydrogen) atoms. The highest BCUT2D eigenvalue weighted by Crippen LogP contribution is 2.32. The molecule has 0 atom stereocenters. The van der Waals surface area contributed by atoms with E-state index in [4.69, 9.17) is 4.74 Å². The summed E-state index contributed by atoms with van der Waals surface area (Å²) >= 11 is 3.60.